The van der Waals surface area contributed by atoms with E-state index in [1.807, 2.05) is 18.2 Å². The third-order valence-electron chi connectivity index (χ3n) is 2.69. The quantitative estimate of drug-likeness (QED) is 0.774. The van der Waals surface area contributed by atoms with Gasteiger partial charge >= 0.3 is 0 Å². The van der Waals surface area contributed by atoms with E-state index >= 15 is 0 Å². The van der Waals surface area contributed by atoms with Gasteiger partial charge in [0, 0.05) is 5.56 Å². The zero-order chi connectivity index (χ0) is 12.1. The van der Waals surface area contributed by atoms with Crippen LogP contribution < -0.4 is 4.74 Å². The minimum absolute atomic E-state index is 0.463. The Morgan fingerprint density at radius 3 is 2.56 bits per heavy atom. The number of hydrogen-bond donors (Lipinski definition) is 2. The molecule has 0 bridgehead atoms. The number of rotatable bonds is 5. The van der Waals surface area contributed by atoms with Crippen molar-refractivity contribution < 1.29 is 9.84 Å². The number of ether oxygens (including phenoxy) is 1. The first kappa shape index (κ1) is 13.4. The fourth-order valence-electron chi connectivity index (χ4n) is 1.64. The van der Waals surface area contributed by atoms with Crippen molar-refractivity contribution >= 4 is 12.6 Å². The van der Waals surface area contributed by atoms with Gasteiger partial charge in [0.15, 0.2) is 0 Å². The summed E-state index contributed by atoms with van der Waals surface area (Å²) in [6, 6.07) is 5.99. The minimum atomic E-state index is -0.492. The highest BCUT2D eigenvalue weighted by atomic mass is 32.1. The second kappa shape index (κ2) is 6.16. The van der Waals surface area contributed by atoms with Gasteiger partial charge < -0.3 is 9.84 Å². The summed E-state index contributed by atoms with van der Waals surface area (Å²) in [5.74, 6) is 1.89. The second-order valence-electron chi connectivity index (χ2n) is 4.18. The summed E-state index contributed by atoms with van der Waals surface area (Å²) in [6.45, 7) is 4.27. The van der Waals surface area contributed by atoms with Crippen LogP contribution in [0.4, 0.5) is 0 Å². The lowest BCUT2D eigenvalue weighted by molar-refractivity contribution is 0.171. The predicted molar refractivity (Wildman–Crippen MR) is 70.5 cm³/mol. The molecule has 0 aromatic heterocycles. The van der Waals surface area contributed by atoms with E-state index in [4.69, 9.17) is 4.74 Å². The Labute approximate surface area is 103 Å². The molecule has 1 atom stereocenters. The Balaban J connectivity index is 3.01. The van der Waals surface area contributed by atoms with Crippen LogP contribution in [0.15, 0.2) is 18.2 Å². The van der Waals surface area contributed by atoms with Gasteiger partial charge in [0.2, 0.25) is 0 Å². The molecule has 1 unspecified atom stereocenters. The Morgan fingerprint density at radius 1 is 1.38 bits per heavy atom. The molecule has 1 aromatic rings. The summed E-state index contributed by atoms with van der Waals surface area (Å²) in [5, 5.41) is 9.93. The first-order valence-corrected chi connectivity index (χ1v) is 6.20. The fraction of sp³-hybridized carbons (Fsp3) is 0.538. The van der Waals surface area contributed by atoms with Gasteiger partial charge in [0.1, 0.15) is 5.75 Å². The number of aliphatic hydroxyl groups excluding tert-OH is 1. The van der Waals surface area contributed by atoms with Crippen molar-refractivity contribution in [1.82, 2.24) is 0 Å². The zero-order valence-electron chi connectivity index (χ0n) is 10.1. The van der Waals surface area contributed by atoms with E-state index < -0.39 is 6.10 Å². The number of thiol groups is 1. The molecule has 0 heterocycles. The Morgan fingerprint density at radius 2 is 2.06 bits per heavy atom. The maximum atomic E-state index is 9.93. The van der Waals surface area contributed by atoms with Gasteiger partial charge in [-0.15, -0.1) is 0 Å². The van der Waals surface area contributed by atoms with Crippen LogP contribution in [0, 0.1) is 0 Å². The van der Waals surface area contributed by atoms with Crippen molar-refractivity contribution in [3.05, 3.63) is 29.3 Å². The standard InChI is InChI=1S/C13H20O2S/c1-9(2)10-4-5-11(12(14)6-7-16)13(8-10)15-3/h4-5,8-9,12,14,16H,6-7H2,1-3H3. The Hall–Kier alpha value is -0.670. The average Bonchev–Trinajstić information content (AvgIpc) is 2.28. The SMILES string of the molecule is COc1cc(C(C)C)ccc1C(O)CCS. The molecule has 3 heteroatoms. The molecule has 0 aliphatic heterocycles. The number of methoxy groups -OCH3 is 1. The molecule has 0 radical (unpaired) electrons. The van der Waals surface area contributed by atoms with E-state index in [-0.39, 0.29) is 0 Å². The molecule has 1 rings (SSSR count). The molecule has 0 fully saturated rings. The van der Waals surface area contributed by atoms with Crippen molar-refractivity contribution in [2.45, 2.75) is 32.3 Å². The summed E-state index contributed by atoms with van der Waals surface area (Å²) in [7, 11) is 1.64. The molecular weight excluding hydrogens is 220 g/mol. The van der Waals surface area contributed by atoms with Crippen LogP contribution >= 0.6 is 12.6 Å². The van der Waals surface area contributed by atoms with E-state index in [9.17, 15) is 5.11 Å². The van der Waals surface area contributed by atoms with Gasteiger partial charge in [-0.2, -0.15) is 12.6 Å². The van der Waals surface area contributed by atoms with Gasteiger partial charge in [0.25, 0.3) is 0 Å². The van der Waals surface area contributed by atoms with E-state index in [1.54, 1.807) is 7.11 Å². The molecule has 0 aliphatic carbocycles. The fourth-order valence-corrected chi connectivity index (χ4v) is 1.88. The average molecular weight is 240 g/mol. The van der Waals surface area contributed by atoms with E-state index in [0.717, 1.165) is 11.3 Å². The summed E-state index contributed by atoms with van der Waals surface area (Å²) in [4.78, 5) is 0. The van der Waals surface area contributed by atoms with Crippen molar-refractivity contribution in [1.29, 1.82) is 0 Å². The first-order valence-electron chi connectivity index (χ1n) is 5.57. The molecule has 2 nitrogen and oxygen atoms in total. The van der Waals surface area contributed by atoms with Gasteiger partial charge in [0.05, 0.1) is 13.2 Å². The molecule has 90 valence electrons. The molecule has 0 spiro atoms. The van der Waals surface area contributed by atoms with Crippen LogP contribution in [0.3, 0.4) is 0 Å². The van der Waals surface area contributed by atoms with Crippen molar-refractivity contribution in [3.8, 4) is 5.75 Å². The molecule has 0 saturated heterocycles. The highest BCUT2D eigenvalue weighted by molar-refractivity contribution is 7.80. The molecule has 1 N–H and O–H groups in total. The summed E-state index contributed by atoms with van der Waals surface area (Å²) < 4.78 is 5.32. The minimum Gasteiger partial charge on any atom is -0.496 e. The normalized spacial score (nSPS) is 12.9. The monoisotopic (exact) mass is 240 g/mol. The smallest absolute Gasteiger partial charge is 0.124 e. The molecule has 1 aromatic carbocycles. The number of hydrogen-bond acceptors (Lipinski definition) is 3. The molecule has 16 heavy (non-hydrogen) atoms. The Kier molecular flexibility index (Phi) is 5.16. The van der Waals surface area contributed by atoms with Crippen LogP contribution in [0.25, 0.3) is 0 Å². The van der Waals surface area contributed by atoms with Crippen molar-refractivity contribution in [2.75, 3.05) is 12.9 Å². The highest BCUT2D eigenvalue weighted by Crippen LogP contribution is 2.30. The highest BCUT2D eigenvalue weighted by Gasteiger charge is 2.13. The van der Waals surface area contributed by atoms with E-state index in [2.05, 4.69) is 26.5 Å². The van der Waals surface area contributed by atoms with Crippen LogP contribution in [-0.2, 0) is 0 Å². The molecule has 0 aliphatic rings. The maximum absolute atomic E-state index is 9.93. The van der Waals surface area contributed by atoms with E-state index in [1.165, 1.54) is 5.56 Å². The third-order valence-corrected chi connectivity index (χ3v) is 2.94. The lowest BCUT2D eigenvalue weighted by Crippen LogP contribution is -2.02. The summed E-state index contributed by atoms with van der Waals surface area (Å²) in [5.41, 5.74) is 2.07. The van der Waals surface area contributed by atoms with Crippen LogP contribution in [0.1, 0.15) is 43.4 Å². The van der Waals surface area contributed by atoms with Gasteiger partial charge in [-0.25, -0.2) is 0 Å². The van der Waals surface area contributed by atoms with Crippen molar-refractivity contribution in [3.63, 3.8) is 0 Å². The summed E-state index contributed by atoms with van der Waals surface area (Å²) >= 11 is 4.13. The van der Waals surface area contributed by atoms with Crippen LogP contribution in [0.5, 0.6) is 5.75 Å². The number of benzene rings is 1. The second-order valence-corrected chi connectivity index (χ2v) is 4.63. The van der Waals surface area contributed by atoms with Crippen LogP contribution in [0.2, 0.25) is 0 Å². The zero-order valence-corrected chi connectivity index (χ0v) is 11.0. The Bertz CT molecular complexity index is 337. The predicted octanol–water partition coefficient (Wildman–Crippen LogP) is 3.17. The molecule has 0 amide bonds. The first-order chi connectivity index (χ1) is 7.60. The lowest BCUT2D eigenvalue weighted by Gasteiger charge is -2.16. The van der Waals surface area contributed by atoms with Crippen LogP contribution in [-0.4, -0.2) is 18.0 Å². The third kappa shape index (κ3) is 3.16. The molecule has 0 saturated carbocycles. The van der Waals surface area contributed by atoms with Crippen molar-refractivity contribution in [2.24, 2.45) is 0 Å². The van der Waals surface area contributed by atoms with Gasteiger partial charge in [-0.3, -0.25) is 0 Å². The lowest BCUT2D eigenvalue weighted by atomic mass is 9.98. The van der Waals surface area contributed by atoms with E-state index in [0.29, 0.717) is 18.1 Å². The number of aliphatic hydroxyl groups is 1. The molecular formula is C13H20O2S. The van der Waals surface area contributed by atoms with Gasteiger partial charge in [-0.1, -0.05) is 26.0 Å². The topological polar surface area (TPSA) is 29.5 Å². The maximum Gasteiger partial charge on any atom is 0.124 e. The van der Waals surface area contributed by atoms with Gasteiger partial charge in [-0.05, 0) is 29.7 Å². The summed E-state index contributed by atoms with van der Waals surface area (Å²) in [6.07, 6.45) is 0.147. The largest absolute Gasteiger partial charge is 0.496 e.